The van der Waals surface area contributed by atoms with Gasteiger partial charge >= 0.3 is 18.0 Å². The topological polar surface area (TPSA) is 93.7 Å². The maximum absolute atomic E-state index is 12.2. The number of ether oxygens (including phenoxy) is 2. The van der Waals surface area contributed by atoms with Crippen LogP contribution >= 0.6 is 11.8 Å². The third kappa shape index (κ3) is 4.29. The number of carbonyl (C=O) groups is 3. The summed E-state index contributed by atoms with van der Waals surface area (Å²) in [6.45, 7) is 1.71. The van der Waals surface area contributed by atoms with Crippen molar-refractivity contribution in [3.05, 3.63) is 41.1 Å². The molecule has 8 heteroatoms. The van der Waals surface area contributed by atoms with Crippen molar-refractivity contribution in [2.45, 2.75) is 11.8 Å². The monoisotopic (exact) mass is 350 g/mol. The summed E-state index contributed by atoms with van der Waals surface area (Å²) in [5.74, 6) is -1.08. The molecule has 128 valence electrons. The predicted octanol–water partition coefficient (Wildman–Crippen LogP) is 1.70. The molecular formula is C16H18N2O5S. The molecule has 1 aromatic carbocycles. The molecule has 2 rings (SSSR count). The Morgan fingerprint density at radius 2 is 1.96 bits per heavy atom. The van der Waals surface area contributed by atoms with Gasteiger partial charge in [-0.15, -0.1) is 11.8 Å². The van der Waals surface area contributed by atoms with Gasteiger partial charge in [-0.1, -0.05) is 12.1 Å². The van der Waals surface area contributed by atoms with E-state index in [2.05, 4.69) is 10.6 Å². The van der Waals surface area contributed by atoms with E-state index in [4.69, 9.17) is 9.47 Å². The number of urea groups is 1. The number of hydrogen-bond acceptors (Lipinski definition) is 6. The summed E-state index contributed by atoms with van der Waals surface area (Å²) in [5, 5.41) is 4.97. The Hall–Kier alpha value is -2.48. The number of nitrogens with one attached hydrogen (secondary N) is 2. The standard InChI is InChI=1S/C16H18N2O5S/c1-3-22-15(20)11-8-17-16(21)18-12(11)9-23-14(19)10-6-4-5-7-13(10)24-2/h4-7H,3,8-9H2,1-2H3,(H2,17,18,21). The second-order valence-corrected chi connectivity index (χ2v) is 5.61. The van der Waals surface area contributed by atoms with Crippen LogP contribution in [0.25, 0.3) is 0 Å². The normalized spacial score (nSPS) is 13.8. The number of amides is 2. The van der Waals surface area contributed by atoms with Crippen molar-refractivity contribution in [1.82, 2.24) is 10.6 Å². The second-order valence-electron chi connectivity index (χ2n) is 4.76. The summed E-state index contributed by atoms with van der Waals surface area (Å²) in [6, 6.07) is 6.59. The van der Waals surface area contributed by atoms with Crippen LogP contribution in [0.4, 0.5) is 4.79 Å². The van der Waals surface area contributed by atoms with Crippen LogP contribution in [0.1, 0.15) is 17.3 Å². The van der Waals surface area contributed by atoms with E-state index in [1.807, 2.05) is 18.4 Å². The molecule has 0 unspecified atom stereocenters. The zero-order chi connectivity index (χ0) is 17.5. The van der Waals surface area contributed by atoms with Gasteiger partial charge in [-0.05, 0) is 25.3 Å². The Kier molecular flexibility index (Phi) is 6.25. The summed E-state index contributed by atoms with van der Waals surface area (Å²) in [4.78, 5) is 36.4. The lowest BCUT2D eigenvalue weighted by atomic mass is 10.1. The van der Waals surface area contributed by atoms with E-state index in [-0.39, 0.29) is 31.0 Å². The maximum Gasteiger partial charge on any atom is 0.339 e. The van der Waals surface area contributed by atoms with E-state index < -0.39 is 18.0 Å². The Balaban J connectivity index is 2.13. The molecule has 0 fully saturated rings. The number of rotatable bonds is 6. The highest BCUT2D eigenvalue weighted by atomic mass is 32.2. The molecule has 2 N–H and O–H groups in total. The zero-order valence-corrected chi connectivity index (χ0v) is 14.2. The van der Waals surface area contributed by atoms with Crippen LogP contribution in [0.5, 0.6) is 0 Å². The van der Waals surface area contributed by atoms with Crippen LogP contribution in [-0.4, -0.2) is 44.0 Å². The van der Waals surface area contributed by atoms with Gasteiger partial charge in [0.1, 0.15) is 6.61 Å². The Morgan fingerprint density at radius 3 is 2.67 bits per heavy atom. The molecular weight excluding hydrogens is 332 g/mol. The lowest BCUT2D eigenvalue weighted by Gasteiger charge is -2.21. The fourth-order valence-corrected chi connectivity index (χ4v) is 2.68. The Bertz CT molecular complexity index is 687. The van der Waals surface area contributed by atoms with E-state index in [1.54, 1.807) is 19.1 Å². The molecule has 0 atom stereocenters. The van der Waals surface area contributed by atoms with Crippen LogP contribution in [0.15, 0.2) is 40.4 Å². The van der Waals surface area contributed by atoms with Crippen LogP contribution in [0, 0.1) is 0 Å². The number of hydrogen-bond donors (Lipinski definition) is 2. The first kappa shape index (κ1) is 17.9. The second kappa shape index (κ2) is 8.39. The average Bonchev–Trinajstić information content (AvgIpc) is 2.59. The van der Waals surface area contributed by atoms with E-state index in [0.29, 0.717) is 5.56 Å². The third-order valence-electron chi connectivity index (χ3n) is 3.25. The van der Waals surface area contributed by atoms with Crippen LogP contribution < -0.4 is 10.6 Å². The first-order valence-electron chi connectivity index (χ1n) is 7.31. The molecule has 0 saturated carbocycles. The maximum atomic E-state index is 12.2. The van der Waals surface area contributed by atoms with Gasteiger partial charge in [-0.25, -0.2) is 14.4 Å². The van der Waals surface area contributed by atoms with Crippen molar-refractivity contribution in [1.29, 1.82) is 0 Å². The number of thioether (sulfide) groups is 1. The van der Waals surface area contributed by atoms with Gasteiger partial charge in [0.2, 0.25) is 0 Å². The van der Waals surface area contributed by atoms with Gasteiger partial charge < -0.3 is 20.1 Å². The molecule has 0 aliphatic carbocycles. The van der Waals surface area contributed by atoms with Crippen molar-refractivity contribution >= 4 is 29.7 Å². The molecule has 1 aromatic rings. The van der Waals surface area contributed by atoms with Crippen LogP contribution in [-0.2, 0) is 14.3 Å². The minimum absolute atomic E-state index is 0.0267. The SMILES string of the molecule is CCOC(=O)C1=C(COC(=O)c2ccccc2SC)NC(=O)NC1. The first-order chi connectivity index (χ1) is 11.6. The van der Waals surface area contributed by atoms with Crippen molar-refractivity contribution in [2.75, 3.05) is 26.0 Å². The molecule has 24 heavy (non-hydrogen) atoms. The Morgan fingerprint density at radius 1 is 1.21 bits per heavy atom. The van der Waals surface area contributed by atoms with E-state index >= 15 is 0 Å². The van der Waals surface area contributed by atoms with Crippen molar-refractivity contribution in [3.8, 4) is 0 Å². The quantitative estimate of drug-likeness (QED) is 0.599. The highest BCUT2D eigenvalue weighted by Crippen LogP contribution is 2.21. The zero-order valence-electron chi connectivity index (χ0n) is 13.4. The summed E-state index contributed by atoms with van der Waals surface area (Å²) in [7, 11) is 0. The van der Waals surface area contributed by atoms with Gasteiger partial charge in [0.25, 0.3) is 0 Å². The fourth-order valence-electron chi connectivity index (χ4n) is 2.10. The molecule has 0 aromatic heterocycles. The number of benzene rings is 1. The summed E-state index contributed by atoms with van der Waals surface area (Å²) in [5.41, 5.74) is 0.901. The lowest BCUT2D eigenvalue weighted by Crippen LogP contribution is -2.45. The van der Waals surface area contributed by atoms with Gasteiger partial charge in [0.05, 0.1) is 30.0 Å². The average molecular weight is 350 g/mol. The first-order valence-corrected chi connectivity index (χ1v) is 8.53. The van der Waals surface area contributed by atoms with E-state index in [9.17, 15) is 14.4 Å². The van der Waals surface area contributed by atoms with Gasteiger partial charge in [0.15, 0.2) is 0 Å². The molecule has 7 nitrogen and oxygen atoms in total. The smallest absolute Gasteiger partial charge is 0.339 e. The number of carbonyl (C=O) groups excluding carboxylic acids is 3. The summed E-state index contributed by atoms with van der Waals surface area (Å²) in [6.07, 6.45) is 1.86. The predicted molar refractivity (Wildman–Crippen MR) is 88.7 cm³/mol. The minimum atomic E-state index is -0.555. The van der Waals surface area contributed by atoms with Crippen molar-refractivity contribution < 1.29 is 23.9 Å². The number of esters is 2. The van der Waals surface area contributed by atoms with Crippen LogP contribution in [0.2, 0.25) is 0 Å². The fraction of sp³-hybridized carbons (Fsp3) is 0.312. The highest BCUT2D eigenvalue weighted by molar-refractivity contribution is 7.98. The lowest BCUT2D eigenvalue weighted by molar-refractivity contribution is -0.138. The molecule has 0 saturated heterocycles. The highest BCUT2D eigenvalue weighted by Gasteiger charge is 2.25. The molecule has 1 aliphatic rings. The van der Waals surface area contributed by atoms with Crippen molar-refractivity contribution in [2.24, 2.45) is 0 Å². The molecule has 1 aliphatic heterocycles. The summed E-state index contributed by atoms with van der Waals surface area (Å²) < 4.78 is 10.2. The van der Waals surface area contributed by atoms with E-state index in [0.717, 1.165) is 4.90 Å². The van der Waals surface area contributed by atoms with E-state index in [1.165, 1.54) is 11.8 Å². The van der Waals surface area contributed by atoms with Gasteiger partial charge in [-0.3, -0.25) is 0 Å². The summed E-state index contributed by atoms with van der Waals surface area (Å²) >= 11 is 1.43. The van der Waals surface area contributed by atoms with Crippen molar-refractivity contribution in [3.63, 3.8) is 0 Å². The molecule has 2 amide bonds. The van der Waals surface area contributed by atoms with Gasteiger partial charge in [-0.2, -0.15) is 0 Å². The molecule has 0 radical (unpaired) electrons. The van der Waals surface area contributed by atoms with Gasteiger partial charge in [0, 0.05) is 4.90 Å². The minimum Gasteiger partial charge on any atom is -0.463 e. The van der Waals surface area contributed by atoms with Crippen LogP contribution in [0.3, 0.4) is 0 Å². The molecule has 0 spiro atoms. The largest absolute Gasteiger partial charge is 0.463 e. The molecule has 0 bridgehead atoms. The third-order valence-corrected chi connectivity index (χ3v) is 4.05. The Labute approximate surface area is 143 Å². The molecule has 1 heterocycles.